The van der Waals surface area contributed by atoms with Gasteiger partial charge >= 0.3 is 11.1 Å². The second-order valence-corrected chi connectivity index (χ2v) is 2.97. The average molecular weight is 209 g/mol. The van der Waals surface area contributed by atoms with Gasteiger partial charge in [-0.2, -0.15) is 4.98 Å². The van der Waals surface area contributed by atoms with E-state index in [-0.39, 0.29) is 17.1 Å². The molecule has 0 saturated carbocycles. The predicted octanol–water partition coefficient (Wildman–Crippen LogP) is -2.11. The van der Waals surface area contributed by atoms with Crippen LogP contribution in [-0.2, 0) is 7.05 Å². The molecule has 2 heterocycles. The fourth-order valence-electron chi connectivity index (χ4n) is 1.25. The van der Waals surface area contributed by atoms with Crippen molar-refractivity contribution in [3.8, 4) is 0 Å². The van der Waals surface area contributed by atoms with Gasteiger partial charge in [0.15, 0.2) is 11.2 Å². The van der Waals surface area contributed by atoms with Crippen LogP contribution >= 0.6 is 0 Å². The predicted molar refractivity (Wildman–Crippen MR) is 52.6 cm³/mol. The first kappa shape index (κ1) is 9.19. The molecule has 0 atom stereocenters. The van der Waals surface area contributed by atoms with Crippen molar-refractivity contribution in [2.75, 3.05) is 5.73 Å². The lowest BCUT2D eigenvalue weighted by Gasteiger charge is -2.02. The molecule has 2 aromatic rings. The number of anilines is 1. The number of nitrogens with one attached hydrogen (secondary N) is 2. The van der Waals surface area contributed by atoms with Gasteiger partial charge in [-0.25, -0.2) is 0 Å². The zero-order chi connectivity index (χ0) is 11.2. The molecule has 4 N–H and O–H groups in total. The number of nitrogens with two attached hydrogens (primary N) is 1. The van der Waals surface area contributed by atoms with E-state index in [1.807, 2.05) is 0 Å². The van der Waals surface area contributed by atoms with Crippen molar-refractivity contribution in [3.63, 3.8) is 0 Å². The second-order valence-electron chi connectivity index (χ2n) is 2.97. The van der Waals surface area contributed by atoms with Crippen molar-refractivity contribution in [2.24, 2.45) is 7.05 Å². The van der Waals surface area contributed by atoms with Crippen molar-refractivity contribution in [3.05, 3.63) is 31.1 Å². The number of H-pyrrole nitrogens is 2. The summed E-state index contributed by atoms with van der Waals surface area (Å²) in [5.41, 5.74) is 3.02. The Bertz CT molecular complexity index is 707. The summed E-state index contributed by atoms with van der Waals surface area (Å²) in [6, 6.07) is 0. The molecule has 15 heavy (non-hydrogen) atoms. The number of aromatic nitrogens is 4. The van der Waals surface area contributed by atoms with Crippen LogP contribution in [0.1, 0.15) is 0 Å². The Morgan fingerprint density at radius 2 is 1.87 bits per heavy atom. The molecule has 78 valence electrons. The Morgan fingerprint density at radius 3 is 2.53 bits per heavy atom. The minimum atomic E-state index is -0.873. The van der Waals surface area contributed by atoms with E-state index in [2.05, 4.69) is 15.0 Å². The third-order valence-corrected chi connectivity index (χ3v) is 1.97. The lowest BCUT2D eigenvalue weighted by molar-refractivity contribution is 0.851. The van der Waals surface area contributed by atoms with Crippen molar-refractivity contribution in [1.82, 2.24) is 19.5 Å². The van der Waals surface area contributed by atoms with Crippen LogP contribution in [0.3, 0.4) is 0 Å². The highest BCUT2D eigenvalue weighted by atomic mass is 16.2. The molecule has 0 saturated heterocycles. The summed E-state index contributed by atoms with van der Waals surface area (Å²) in [5.74, 6) is -0.116. The van der Waals surface area contributed by atoms with Gasteiger partial charge < -0.3 is 10.7 Å². The third-order valence-electron chi connectivity index (χ3n) is 1.97. The van der Waals surface area contributed by atoms with Crippen LogP contribution in [0.2, 0.25) is 0 Å². The van der Waals surface area contributed by atoms with Crippen molar-refractivity contribution < 1.29 is 0 Å². The fraction of sp³-hybridized carbons (Fsp3) is 0.143. The Kier molecular flexibility index (Phi) is 1.72. The maximum Gasteiger partial charge on any atom is 0.317 e. The largest absolute Gasteiger partial charge is 0.369 e. The van der Waals surface area contributed by atoms with E-state index < -0.39 is 16.7 Å². The highest BCUT2D eigenvalue weighted by molar-refractivity contribution is 5.69. The van der Waals surface area contributed by atoms with E-state index in [4.69, 9.17) is 5.73 Å². The van der Waals surface area contributed by atoms with Gasteiger partial charge in [-0.3, -0.25) is 23.9 Å². The Morgan fingerprint density at radius 1 is 1.20 bits per heavy atom. The summed E-state index contributed by atoms with van der Waals surface area (Å²) in [6.07, 6.45) is 0. The molecular formula is C7H7N5O3. The van der Waals surface area contributed by atoms with E-state index in [1.165, 1.54) is 7.05 Å². The first-order chi connectivity index (χ1) is 7.00. The number of nitrogen functional groups attached to an aromatic ring is 1. The van der Waals surface area contributed by atoms with Crippen LogP contribution in [0.25, 0.3) is 11.2 Å². The molecule has 0 unspecified atom stereocenters. The Balaban J connectivity index is 3.20. The molecule has 8 heteroatoms. The number of hydrogen-bond acceptors (Lipinski definition) is 5. The molecule has 8 nitrogen and oxygen atoms in total. The zero-order valence-electron chi connectivity index (χ0n) is 7.70. The molecule has 0 aliphatic rings. The quantitative estimate of drug-likeness (QED) is 0.428. The van der Waals surface area contributed by atoms with Gasteiger partial charge in [0.05, 0.1) is 0 Å². The summed E-state index contributed by atoms with van der Waals surface area (Å²) in [7, 11) is 1.34. The van der Waals surface area contributed by atoms with E-state index in [9.17, 15) is 14.4 Å². The van der Waals surface area contributed by atoms with E-state index in [0.717, 1.165) is 4.57 Å². The molecule has 0 aliphatic heterocycles. The molecule has 0 radical (unpaired) electrons. The Hall–Kier alpha value is -2.38. The van der Waals surface area contributed by atoms with E-state index in [1.54, 1.807) is 0 Å². The molecule has 0 aromatic carbocycles. The number of aromatic amines is 2. The lowest BCUT2D eigenvalue weighted by atomic mass is 10.5. The standard InChI is InChI=1S/C7H7N5O3/c1-12-3-2(9-5(14)6(12)15)4(13)11-7(8)10-3/h1H3,(H,9,14)(H3,8,10,11,13). The number of rotatable bonds is 0. The molecule has 0 aliphatic carbocycles. The monoisotopic (exact) mass is 209 g/mol. The molecule has 0 fully saturated rings. The van der Waals surface area contributed by atoms with Crippen molar-refractivity contribution >= 4 is 17.1 Å². The van der Waals surface area contributed by atoms with Crippen LogP contribution in [-0.4, -0.2) is 19.5 Å². The third kappa shape index (κ3) is 1.23. The molecule has 2 aromatic heterocycles. The summed E-state index contributed by atoms with van der Waals surface area (Å²) in [4.78, 5) is 41.8. The van der Waals surface area contributed by atoms with Gasteiger partial charge in [0.1, 0.15) is 0 Å². The van der Waals surface area contributed by atoms with Crippen molar-refractivity contribution in [2.45, 2.75) is 0 Å². The SMILES string of the molecule is Cn1c(=O)c(=O)[nH]c2c(=O)[nH]c(N)nc21. The summed E-state index contributed by atoms with van der Waals surface area (Å²) >= 11 is 0. The minimum absolute atomic E-state index is 0.0425. The topological polar surface area (TPSA) is 127 Å². The van der Waals surface area contributed by atoms with Crippen LogP contribution in [0, 0.1) is 0 Å². The van der Waals surface area contributed by atoms with Gasteiger partial charge in [0.2, 0.25) is 5.95 Å². The summed E-state index contributed by atoms with van der Waals surface area (Å²) in [6.45, 7) is 0. The Labute approximate surface area is 81.4 Å². The van der Waals surface area contributed by atoms with Crippen LogP contribution in [0.15, 0.2) is 14.4 Å². The highest BCUT2D eigenvalue weighted by Crippen LogP contribution is 1.97. The average Bonchev–Trinajstić information content (AvgIpc) is 2.17. The first-order valence-corrected chi connectivity index (χ1v) is 3.99. The smallest absolute Gasteiger partial charge is 0.317 e. The molecule has 0 spiro atoms. The lowest BCUT2D eigenvalue weighted by Crippen LogP contribution is -2.37. The summed E-state index contributed by atoms with van der Waals surface area (Å²) < 4.78 is 0.972. The number of nitrogens with zero attached hydrogens (tertiary/aromatic N) is 2. The molecule has 0 amide bonds. The van der Waals surface area contributed by atoms with Crippen molar-refractivity contribution in [1.29, 1.82) is 0 Å². The molecule has 0 bridgehead atoms. The van der Waals surface area contributed by atoms with E-state index in [0.29, 0.717) is 0 Å². The van der Waals surface area contributed by atoms with Crippen LogP contribution in [0.5, 0.6) is 0 Å². The maximum absolute atomic E-state index is 11.4. The van der Waals surface area contributed by atoms with Crippen LogP contribution in [0.4, 0.5) is 5.95 Å². The normalized spacial score (nSPS) is 10.7. The fourth-order valence-corrected chi connectivity index (χ4v) is 1.25. The van der Waals surface area contributed by atoms with Gasteiger partial charge in [-0.05, 0) is 0 Å². The first-order valence-electron chi connectivity index (χ1n) is 3.99. The number of hydrogen-bond donors (Lipinski definition) is 3. The van der Waals surface area contributed by atoms with Gasteiger partial charge in [-0.1, -0.05) is 0 Å². The maximum atomic E-state index is 11.4. The molecule has 2 rings (SSSR count). The second kappa shape index (κ2) is 2.80. The van der Waals surface area contributed by atoms with Gasteiger partial charge in [-0.15, -0.1) is 0 Å². The number of fused-ring (bicyclic) bond motifs is 1. The molecular weight excluding hydrogens is 202 g/mol. The number of aryl methyl sites for hydroxylation is 1. The summed E-state index contributed by atoms with van der Waals surface area (Å²) in [5, 5.41) is 0. The zero-order valence-corrected chi connectivity index (χ0v) is 7.70. The highest BCUT2D eigenvalue weighted by Gasteiger charge is 2.08. The van der Waals surface area contributed by atoms with Crippen LogP contribution < -0.4 is 22.4 Å². The minimum Gasteiger partial charge on any atom is -0.369 e. The van der Waals surface area contributed by atoms with E-state index >= 15 is 0 Å². The van der Waals surface area contributed by atoms with Gasteiger partial charge in [0.25, 0.3) is 5.56 Å². The van der Waals surface area contributed by atoms with Gasteiger partial charge in [0, 0.05) is 7.05 Å².